The van der Waals surface area contributed by atoms with Crippen LogP contribution in [0.15, 0.2) is 36.4 Å². The molecule has 0 aromatic carbocycles. The summed E-state index contributed by atoms with van der Waals surface area (Å²) in [6.45, 7) is 1.39. The average molecular weight is 346 g/mol. The topological polar surface area (TPSA) is 144 Å². The van der Waals surface area contributed by atoms with Crippen LogP contribution in [0, 0.1) is 0 Å². The molecule has 0 atom stereocenters. The molecule has 2 aromatic rings. The molecule has 0 saturated carbocycles. The molecule has 0 fully saturated rings. The Morgan fingerprint density at radius 1 is 0.800 bits per heavy atom. The van der Waals surface area contributed by atoms with Crippen LogP contribution in [0.1, 0.15) is 48.9 Å². The van der Waals surface area contributed by atoms with Gasteiger partial charge in [0.15, 0.2) is 5.78 Å². The molecule has 0 saturated heterocycles. The van der Waals surface area contributed by atoms with E-state index in [1.54, 1.807) is 12.1 Å². The van der Waals surface area contributed by atoms with Crippen molar-refractivity contribution < 1.29 is 34.1 Å². The number of Topliss-reactive ketones (excluding diaryl/α,β-unsaturated/α-hetero) is 1. The predicted molar refractivity (Wildman–Crippen MR) is 83.7 cm³/mol. The van der Waals surface area contributed by atoms with Crippen molar-refractivity contribution in [1.82, 2.24) is 9.97 Å². The number of carbonyl (C=O) groups is 4. The molecule has 2 heterocycles. The van der Waals surface area contributed by atoms with Gasteiger partial charge in [0.1, 0.15) is 22.8 Å². The zero-order chi connectivity index (χ0) is 19.0. The third-order valence-electron chi connectivity index (χ3n) is 2.69. The number of esters is 1. The number of hydrogen-bond acceptors (Lipinski definition) is 7. The summed E-state index contributed by atoms with van der Waals surface area (Å²) in [5.74, 6) is -3.19. The minimum Gasteiger partial charge on any atom is -0.477 e. The van der Waals surface area contributed by atoms with Gasteiger partial charge in [-0.05, 0) is 24.3 Å². The third kappa shape index (κ3) is 5.82. The molecule has 0 aliphatic heterocycles. The summed E-state index contributed by atoms with van der Waals surface area (Å²) in [4.78, 5) is 49.7. The summed E-state index contributed by atoms with van der Waals surface area (Å²) in [6, 6.07) is 8.44. The van der Waals surface area contributed by atoms with Crippen molar-refractivity contribution >= 4 is 23.7 Å². The first kappa shape index (κ1) is 19.4. The number of carboxylic acids is 2. The van der Waals surface area contributed by atoms with Gasteiger partial charge in [0, 0.05) is 6.92 Å². The van der Waals surface area contributed by atoms with Crippen molar-refractivity contribution in [1.29, 1.82) is 0 Å². The number of methoxy groups -OCH3 is 1. The number of carbonyl (C=O) groups excluding carboxylic acids is 2. The lowest BCUT2D eigenvalue weighted by Crippen LogP contribution is -2.07. The maximum absolute atomic E-state index is 11.0. The van der Waals surface area contributed by atoms with Gasteiger partial charge in [-0.3, -0.25) is 4.79 Å². The Bertz CT molecular complexity index is 788. The summed E-state index contributed by atoms with van der Waals surface area (Å²) >= 11 is 0. The minimum atomic E-state index is -1.24. The Morgan fingerprint density at radius 3 is 1.60 bits per heavy atom. The Labute approximate surface area is 141 Å². The lowest BCUT2D eigenvalue weighted by molar-refractivity contribution is 0.0592. The van der Waals surface area contributed by atoms with Crippen molar-refractivity contribution in [2.45, 2.75) is 6.92 Å². The molecule has 25 heavy (non-hydrogen) atoms. The molecule has 9 heteroatoms. The van der Waals surface area contributed by atoms with E-state index in [9.17, 15) is 19.2 Å². The number of pyridine rings is 2. The highest BCUT2D eigenvalue weighted by Gasteiger charge is 2.09. The van der Waals surface area contributed by atoms with Crippen LogP contribution in [0.4, 0.5) is 0 Å². The van der Waals surface area contributed by atoms with E-state index in [1.807, 2.05) is 0 Å². The fourth-order valence-corrected chi connectivity index (χ4v) is 1.52. The van der Waals surface area contributed by atoms with E-state index in [-0.39, 0.29) is 28.6 Å². The maximum Gasteiger partial charge on any atom is 0.356 e. The molecule has 2 aromatic heterocycles. The van der Waals surface area contributed by atoms with Crippen LogP contribution in [0.2, 0.25) is 0 Å². The molecule has 0 unspecified atom stereocenters. The van der Waals surface area contributed by atoms with Gasteiger partial charge < -0.3 is 14.9 Å². The second-order valence-electron chi connectivity index (χ2n) is 4.47. The molecule has 0 aliphatic carbocycles. The van der Waals surface area contributed by atoms with Gasteiger partial charge in [-0.1, -0.05) is 12.1 Å². The lowest BCUT2D eigenvalue weighted by atomic mass is 10.2. The van der Waals surface area contributed by atoms with Gasteiger partial charge in [0.25, 0.3) is 0 Å². The van der Waals surface area contributed by atoms with Crippen molar-refractivity contribution in [2.75, 3.05) is 7.11 Å². The van der Waals surface area contributed by atoms with Crippen LogP contribution < -0.4 is 0 Å². The largest absolute Gasteiger partial charge is 0.477 e. The van der Waals surface area contributed by atoms with Gasteiger partial charge >= 0.3 is 17.9 Å². The molecule has 0 aliphatic rings. The molecule has 0 spiro atoms. The molecule has 0 amide bonds. The second kappa shape index (κ2) is 8.87. The van der Waals surface area contributed by atoms with E-state index in [4.69, 9.17) is 10.2 Å². The van der Waals surface area contributed by atoms with E-state index in [0.717, 1.165) is 0 Å². The highest BCUT2D eigenvalue weighted by Crippen LogP contribution is 2.01. The number of nitrogens with zero attached hydrogens (tertiary/aromatic N) is 2. The Balaban J connectivity index is 0.000000251. The van der Waals surface area contributed by atoms with Crippen LogP contribution in [0.3, 0.4) is 0 Å². The van der Waals surface area contributed by atoms with E-state index < -0.39 is 17.9 Å². The SMILES string of the molecule is COC(=O)c1cccc(C(C)=O)n1.O=C(O)c1cccc(C(=O)O)n1. The molecular formula is C16H14N2O7. The molecule has 130 valence electrons. The second-order valence-corrected chi connectivity index (χ2v) is 4.47. The monoisotopic (exact) mass is 346 g/mol. The summed E-state index contributed by atoms with van der Waals surface area (Å²) in [6.07, 6.45) is 0. The summed E-state index contributed by atoms with van der Waals surface area (Å²) in [5.41, 5.74) is -0.122. The molecule has 2 rings (SSSR count). The van der Waals surface area contributed by atoms with Gasteiger partial charge in [0.2, 0.25) is 0 Å². The van der Waals surface area contributed by atoms with E-state index >= 15 is 0 Å². The highest BCUT2D eigenvalue weighted by atomic mass is 16.5. The van der Waals surface area contributed by atoms with E-state index in [1.165, 1.54) is 38.3 Å². The van der Waals surface area contributed by atoms with Gasteiger partial charge in [-0.2, -0.15) is 0 Å². The molecule has 2 N–H and O–H groups in total. The highest BCUT2D eigenvalue weighted by molar-refractivity contribution is 5.94. The van der Waals surface area contributed by atoms with Gasteiger partial charge in [-0.15, -0.1) is 0 Å². The van der Waals surface area contributed by atoms with Crippen LogP contribution in [-0.2, 0) is 4.74 Å². The molecule has 9 nitrogen and oxygen atoms in total. The van der Waals surface area contributed by atoms with Crippen LogP contribution in [0.25, 0.3) is 0 Å². The van der Waals surface area contributed by atoms with Crippen LogP contribution in [0.5, 0.6) is 0 Å². The Kier molecular flexibility index (Phi) is 6.89. The first-order valence-corrected chi connectivity index (χ1v) is 6.76. The lowest BCUT2D eigenvalue weighted by Gasteiger charge is -1.99. The third-order valence-corrected chi connectivity index (χ3v) is 2.69. The first-order valence-electron chi connectivity index (χ1n) is 6.76. The van der Waals surface area contributed by atoms with Gasteiger partial charge in [-0.25, -0.2) is 24.4 Å². The molecule has 0 radical (unpaired) electrons. The van der Waals surface area contributed by atoms with Crippen LogP contribution >= 0.6 is 0 Å². The van der Waals surface area contributed by atoms with Crippen molar-refractivity contribution in [3.8, 4) is 0 Å². The smallest absolute Gasteiger partial charge is 0.356 e. The number of aromatic nitrogens is 2. The summed E-state index contributed by atoms with van der Waals surface area (Å²) < 4.78 is 4.46. The predicted octanol–water partition coefficient (Wildman–Crippen LogP) is 1.55. The van der Waals surface area contributed by atoms with Gasteiger partial charge in [0.05, 0.1) is 7.11 Å². The quantitative estimate of drug-likeness (QED) is 0.622. The maximum atomic E-state index is 11.0. The van der Waals surface area contributed by atoms with Crippen molar-refractivity contribution in [2.24, 2.45) is 0 Å². The number of ketones is 1. The summed E-state index contributed by atoms with van der Waals surface area (Å²) in [7, 11) is 1.27. The number of aromatic carboxylic acids is 2. The summed E-state index contributed by atoms with van der Waals surface area (Å²) in [5, 5.41) is 16.9. The Hall–Kier alpha value is -3.62. The Morgan fingerprint density at radius 2 is 1.20 bits per heavy atom. The van der Waals surface area contributed by atoms with Crippen LogP contribution in [-0.4, -0.2) is 51.0 Å². The normalized spacial score (nSPS) is 9.36. The number of rotatable bonds is 4. The first-order chi connectivity index (χ1) is 11.8. The average Bonchev–Trinajstić information content (AvgIpc) is 2.61. The number of carboxylic acid groups (broad SMARTS) is 2. The number of ether oxygens (including phenoxy) is 1. The molecule has 0 bridgehead atoms. The van der Waals surface area contributed by atoms with E-state index in [2.05, 4.69) is 14.7 Å². The molecular weight excluding hydrogens is 332 g/mol. The van der Waals surface area contributed by atoms with Crippen molar-refractivity contribution in [3.05, 3.63) is 59.2 Å². The standard InChI is InChI=1S/C9H9NO3.C7H5NO4/c1-6(11)7-4-3-5-8(10-7)9(12)13-2;9-6(10)4-2-1-3-5(8-4)7(11)12/h3-5H,1-2H3;1-3H,(H,9,10)(H,11,12). The zero-order valence-electron chi connectivity index (χ0n) is 13.3. The zero-order valence-corrected chi connectivity index (χ0v) is 13.3. The van der Waals surface area contributed by atoms with Crippen molar-refractivity contribution in [3.63, 3.8) is 0 Å². The fraction of sp³-hybridized carbons (Fsp3) is 0.125. The fourth-order valence-electron chi connectivity index (χ4n) is 1.52. The number of hydrogen-bond donors (Lipinski definition) is 2. The van der Waals surface area contributed by atoms with E-state index in [0.29, 0.717) is 0 Å². The minimum absolute atomic E-state index is 0.148.